The molecule has 4 atom stereocenters. The molecule has 4 unspecified atom stereocenters. The maximum absolute atomic E-state index is 10.4. The fourth-order valence-corrected chi connectivity index (χ4v) is 8.98. The van der Waals surface area contributed by atoms with E-state index in [0.29, 0.717) is 26.2 Å². The lowest BCUT2D eigenvalue weighted by Gasteiger charge is -2.28. The van der Waals surface area contributed by atoms with Crippen molar-refractivity contribution in [1.29, 1.82) is 0 Å². The lowest BCUT2D eigenvalue weighted by atomic mass is 10.0. The summed E-state index contributed by atoms with van der Waals surface area (Å²) in [6.07, 6.45) is 39.0. The van der Waals surface area contributed by atoms with Crippen molar-refractivity contribution in [2.75, 3.05) is 92.8 Å². The molecule has 0 radical (unpaired) electrons. The number of aliphatic hydroxyl groups is 6. The first-order valence-electron chi connectivity index (χ1n) is 27.8. The van der Waals surface area contributed by atoms with E-state index in [2.05, 4.69) is 56.5 Å². The normalized spacial score (nSPS) is 13.9. The van der Waals surface area contributed by atoms with Crippen molar-refractivity contribution < 1.29 is 30.6 Å². The van der Waals surface area contributed by atoms with Gasteiger partial charge < -0.3 is 40.4 Å². The highest BCUT2D eigenvalue weighted by molar-refractivity contribution is 4.71. The highest BCUT2D eigenvalue weighted by Crippen LogP contribution is 2.15. The SMILES string of the molecule is CCCC(O)CN(CCCN(CCO)CCO)CC(O)CCC.CCCCCCCCCCCCCCC(O)CN(C)CCCN(C)CC(O)CCCCCCCCCCCCCC. The van der Waals surface area contributed by atoms with Gasteiger partial charge in [0.2, 0.25) is 0 Å². The molecule has 0 saturated heterocycles. The topological polar surface area (TPSA) is 134 Å². The Bertz CT molecular complexity index is 816. The second-order valence-electron chi connectivity index (χ2n) is 19.8. The van der Waals surface area contributed by atoms with Crippen LogP contribution in [-0.2, 0) is 0 Å². The van der Waals surface area contributed by atoms with Gasteiger partial charge in [-0.1, -0.05) is 195 Å². The highest BCUT2D eigenvalue weighted by Gasteiger charge is 2.16. The van der Waals surface area contributed by atoms with Crippen molar-refractivity contribution in [3.63, 3.8) is 0 Å². The van der Waals surface area contributed by atoms with Crippen molar-refractivity contribution in [1.82, 2.24) is 19.6 Å². The molecule has 0 bridgehead atoms. The van der Waals surface area contributed by atoms with Crippen LogP contribution in [0.1, 0.15) is 233 Å². The van der Waals surface area contributed by atoms with E-state index in [1.807, 2.05) is 4.90 Å². The third-order valence-electron chi connectivity index (χ3n) is 12.9. The Morgan fingerprint density at radius 3 is 0.875 bits per heavy atom. The largest absolute Gasteiger partial charge is 0.395 e. The van der Waals surface area contributed by atoms with Gasteiger partial charge >= 0.3 is 0 Å². The number of nitrogens with zero attached hydrogens (tertiary/aromatic N) is 4. The maximum atomic E-state index is 10.4. The van der Waals surface area contributed by atoms with E-state index in [-0.39, 0.29) is 37.6 Å². The third-order valence-corrected chi connectivity index (χ3v) is 12.9. The predicted molar refractivity (Wildman–Crippen MR) is 277 cm³/mol. The van der Waals surface area contributed by atoms with Crippen molar-refractivity contribution in [3.8, 4) is 0 Å². The summed E-state index contributed by atoms with van der Waals surface area (Å²) in [6.45, 7) is 16.4. The van der Waals surface area contributed by atoms with Crippen LogP contribution in [0.5, 0.6) is 0 Å². The van der Waals surface area contributed by atoms with Gasteiger partial charge in [0.15, 0.2) is 0 Å². The molecule has 0 saturated carbocycles. The number of aliphatic hydroxyl groups excluding tert-OH is 6. The zero-order chi connectivity index (χ0) is 47.7. The van der Waals surface area contributed by atoms with E-state index in [1.165, 1.54) is 141 Å². The molecule has 0 fully saturated rings. The van der Waals surface area contributed by atoms with Crippen LogP contribution in [0.2, 0.25) is 0 Å². The molecule has 10 heteroatoms. The number of unbranched alkanes of at least 4 members (excludes halogenated alkanes) is 22. The minimum absolute atomic E-state index is 0.0914. The number of rotatable bonds is 50. The van der Waals surface area contributed by atoms with E-state index in [1.54, 1.807) is 0 Å². The Morgan fingerprint density at radius 1 is 0.281 bits per heavy atom. The van der Waals surface area contributed by atoms with Crippen LogP contribution in [0.15, 0.2) is 0 Å². The van der Waals surface area contributed by atoms with Crippen LogP contribution in [-0.4, -0.2) is 167 Å². The number of hydrogen-bond acceptors (Lipinski definition) is 10. The maximum Gasteiger partial charge on any atom is 0.0667 e. The Kier molecular flexibility index (Phi) is 53.3. The summed E-state index contributed by atoms with van der Waals surface area (Å²) in [5.41, 5.74) is 0. The average molecular weight is 918 g/mol. The van der Waals surface area contributed by atoms with E-state index >= 15 is 0 Å². The molecule has 0 spiro atoms. The molecule has 0 aromatic heterocycles. The van der Waals surface area contributed by atoms with Gasteiger partial charge in [-0.25, -0.2) is 0 Å². The molecule has 0 aliphatic heterocycles. The van der Waals surface area contributed by atoms with Crippen molar-refractivity contribution >= 4 is 0 Å². The lowest BCUT2D eigenvalue weighted by Crippen LogP contribution is -2.40. The van der Waals surface area contributed by atoms with Gasteiger partial charge in [0.1, 0.15) is 0 Å². The van der Waals surface area contributed by atoms with Crippen LogP contribution in [0.3, 0.4) is 0 Å². The quantitative estimate of drug-likeness (QED) is 0.0328. The summed E-state index contributed by atoms with van der Waals surface area (Å²) >= 11 is 0. The monoisotopic (exact) mass is 917 g/mol. The fourth-order valence-electron chi connectivity index (χ4n) is 8.98. The first-order chi connectivity index (χ1) is 31.1. The van der Waals surface area contributed by atoms with Crippen molar-refractivity contribution in [3.05, 3.63) is 0 Å². The molecule has 0 aliphatic carbocycles. The van der Waals surface area contributed by atoms with Gasteiger partial charge in [0.05, 0.1) is 37.6 Å². The second kappa shape index (κ2) is 52.0. The third kappa shape index (κ3) is 49.5. The smallest absolute Gasteiger partial charge is 0.0667 e. The molecule has 388 valence electrons. The summed E-state index contributed by atoms with van der Waals surface area (Å²) in [4.78, 5) is 8.73. The van der Waals surface area contributed by atoms with E-state index in [9.17, 15) is 20.4 Å². The Hall–Kier alpha value is -0.400. The van der Waals surface area contributed by atoms with E-state index < -0.39 is 0 Å². The highest BCUT2D eigenvalue weighted by atomic mass is 16.3. The van der Waals surface area contributed by atoms with Crippen molar-refractivity contribution in [2.45, 2.75) is 258 Å². The van der Waals surface area contributed by atoms with Gasteiger partial charge in [-0.15, -0.1) is 0 Å². The number of likely N-dealkylation sites (N-methyl/N-ethyl adjacent to an activating group) is 2. The first kappa shape index (κ1) is 65.7. The van der Waals surface area contributed by atoms with Crippen molar-refractivity contribution in [2.24, 2.45) is 0 Å². The summed E-state index contributed by atoms with van der Waals surface area (Å²) in [7, 11) is 4.27. The molecule has 10 nitrogen and oxygen atoms in total. The zero-order valence-electron chi connectivity index (χ0n) is 43.9. The van der Waals surface area contributed by atoms with Crippen LogP contribution >= 0.6 is 0 Å². The fraction of sp³-hybridized carbons (Fsp3) is 1.00. The van der Waals surface area contributed by atoms with Crippen LogP contribution in [0, 0.1) is 0 Å². The van der Waals surface area contributed by atoms with Gasteiger partial charge in [-0.3, -0.25) is 9.80 Å². The second-order valence-corrected chi connectivity index (χ2v) is 19.8. The molecular weight excluding hydrogens is 801 g/mol. The van der Waals surface area contributed by atoms with Gasteiger partial charge in [0.25, 0.3) is 0 Å². The molecule has 0 aromatic rings. The molecule has 64 heavy (non-hydrogen) atoms. The van der Waals surface area contributed by atoms with Crippen LogP contribution in [0.25, 0.3) is 0 Å². The summed E-state index contributed by atoms with van der Waals surface area (Å²) in [5.74, 6) is 0. The minimum atomic E-state index is -0.347. The zero-order valence-corrected chi connectivity index (χ0v) is 43.9. The predicted octanol–water partition coefficient (Wildman–Crippen LogP) is 10.4. The molecule has 0 aliphatic rings. The molecule has 0 aromatic carbocycles. The first-order valence-corrected chi connectivity index (χ1v) is 27.8. The molecule has 6 N–H and O–H groups in total. The van der Waals surface area contributed by atoms with E-state index in [0.717, 1.165) is 103 Å². The Balaban J connectivity index is 0. The summed E-state index contributed by atoms with van der Waals surface area (Å²) in [6, 6.07) is 0. The van der Waals surface area contributed by atoms with Gasteiger partial charge in [0, 0.05) is 39.3 Å². The molecular formula is C54H116N4O6. The van der Waals surface area contributed by atoms with Gasteiger partial charge in [-0.05, 0) is 78.8 Å². The van der Waals surface area contributed by atoms with E-state index in [4.69, 9.17) is 10.2 Å². The molecule has 0 heterocycles. The van der Waals surface area contributed by atoms with Crippen LogP contribution < -0.4 is 0 Å². The Morgan fingerprint density at radius 2 is 0.562 bits per heavy atom. The lowest BCUT2D eigenvalue weighted by molar-refractivity contribution is 0.0590. The Labute approximate surface area is 399 Å². The average Bonchev–Trinajstić information content (AvgIpc) is 3.25. The van der Waals surface area contributed by atoms with Crippen LogP contribution in [0.4, 0.5) is 0 Å². The summed E-state index contributed by atoms with van der Waals surface area (Å²) in [5, 5.41) is 59.0. The van der Waals surface area contributed by atoms with Gasteiger partial charge in [-0.2, -0.15) is 0 Å². The number of hydrogen-bond donors (Lipinski definition) is 6. The standard InChI is InChI=1S/C37H78N2O2.C17H38N2O4/c1-5-7-9-11-13-15-17-19-21-23-25-27-30-36(40)34-38(3)32-29-33-39(4)35-37(41)31-28-26-24-22-20-18-16-14-12-10-8-6-2;1-3-6-16(22)14-19(15-17(23)7-4-2)9-5-8-18(10-12-20)11-13-21/h36-37,40-41H,5-35H2,1-4H3;16-17,20-23H,3-15H2,1-2H3. The minimum Gasteiger partial charge on any atom is -0.395 e. The molecule has 0 amide bonds. The molecule has 0 rings (SSSR count). The summed E-state index contributed by atoms with van der Waals surface area (Å²) < 4.78 is 0.